The van der Waals surface area contributed by atoms with Crippen LogP contribution in [0, 0.1) is 6.92 Å². The van der Waals surface area contributed by atoms with Crippen LogP contribution in [0.25, 0.3) is 10.4 Å². The van der Waals surface area contributed by atoms with E-state index >= 15 is 0 Å². The average molecular weight is 596 g/mol. The van der Waals surface area contributed by atoms with Gasteiger partial charge in [0.2, 0.25) is 10.0 Å². The number of anilines is 3. The van der Waals surface area contributed by atoms with Crippen molar-refractivity contribution in [3.8, 4) is 10.4 Å². The fraction of sp³-hybridized carbons (Fsp3) is 0.333. The number of aromatic nitrogens is 2. The first kappa shape index (κ1) is 27.8. The fourth-order valence-corrected chi connectivity index (χ4v) is 6.49. The third-order valence-corrected chi connectivity index (χ3v) is 9.22. The number of carbonyl (C=O) groups excluding carboxylic acids is 2. The van der Waals surface area contributed by atoms with E-state index in [-0.39, 0.29) is 17.2 Å². The minimum Gasteiger partial charge on any atom is -0.336 e. The van der Waals surface area contributed by atoms with E-state index in [0.717, 1.165) is 14.0 Å². The third kappa shape index (κ3) is 4.97. The molecule has 0 radical (unpaired) electrons. The van der Waals surface area contributed by atoms with E-state index in [1.54, 1.807) is 25.1 Å². The van der Waals surface area contributed by atoms with Gasteiger partial charge in [0.25, 0.3) is 5.91 Å². The van der Waals surface area contributed by atoms with Gasteiger partial charge in [-0.05, 0) is 56.3 Å². The first-order chi connectivity index (χ1) is 18.8. The molecule has 3 aromatic rings. The SMILES string of the molecule is CNS(=O)(=O)c1cc(-c2sc(Nc3cccc(N4CCNC4=O)n3)nc2C)cc2c1C(=O)N(C(C)C(F)(F)F)C2. The number of sulfonamides is 1. The summed E-state index contributed by atoms with van der Waals surface area (Å²) in [5, 5.41) is 6.22. The van der Waals surface area contributed by atoms with Crippen LogP contribution in [-0.2, 0) is 16.6 Å². The minimum absolute atomic E-state index is 0.174. The largest absolute Gasteiger partial charge is 0.408 e. The summed E-state index contributed by atoms with van der Waals surface area (Å²) in [7, 11) is -3.04. The standard InChI is InChI=1S/C24H24F3N7O4S2/c1-12-20(39-22(30-12)32-17-5-4-6-18(31-17)33-8-7-29-23(33)36)14-9-15-11-34(13(2)24(25,26)27)21(35)19(15)16(10-14)40(37,38)28-3/h4-6,9-10,13,28H,7-8,11H2,1-3H3,(H,29,36)(H,30,31,32). The Bertz CT molecular complexity index is 1620. The number of carbonyl (C=O) groups is 2. The van der Waals surface area contributed by atoms with Gasteiger partial charge in [-0.25, -0.2) is 27.9 Å². The third-order valence-electron chi connectivity index (χ3n) is 6.66. The van der Waals surface area contributed by atoms with Gasteiger partial charge < -0.3 is 15.5 Å². The summed E-state index contributed by atoms with van der Waals surface area (Å²) in [4.78, 5) is 36.3. The Morgan fingerprint density at radius 3 is 2.58 bits per heavy atom. The number of fused-ring (bicyclic) bond motifs is 1. The lowest BCUT2D eigenvalue weighted by atomic mass is 10.0. The van der Waals surface area contributed by atoms with Crippen molar-refractivity contribution in [2.24, 2.45) is 0 Å². The second-order valence-corrected chi connectivity index (χ2v) is 12.0. The maximum absolute atomic E-state index is 13.4. The molecule has 3 N–H and O–H groups in total. The predicted molar refractivity (Wildman–Crippen MR) is 142 cm³/mol. The summed E-state index contributed by atoms with van der Waals surface area (Å²) in [6.07, 6.45) is -4.68. The number of aryl methyl sites for hydroxylation is 1. The Labute approximate surface area is 231 Å². The molecule has 11 nitrogen and oxygen atoms in total. The second-order valence-electron chi connectivity index (χ2n) is 9.19. The van der Waals surface area contributed by atoms with Gasteiger partial charge in [0, 0.05) is 19.6 Å². The molecule has 0 spiro atoms. The highest BCUT2D eigenvalue weighted by Gasteiger charge is 2.46. The van der Waals surface area contributed by atoms with Gasteiger partial charge >= 0.3 is 12.2 Å². The zero-order valence-corrected chi connectivity index (χ0v) is 23.1. The molecule has 2 aromatic heterocycles. The molecule has 0 aliphatic carbocycles. The quantitative estimate of drug-likeness (QED) is 0.380. The lowest BCUT2D eigenvalue weighted by Gasteiger charge is -2.26. The molecule has 1 unspecified atom stereocenters. The molecule has 0 saturated carbocycles. The van der Waals surface area contributed by atoms with Crippen molar-refractivity contribution >= 4 is 50.1 Å². The number of amides is 3. The summed E-state index contributed by atoms with van der Waals surface area (Å²) in [6.45, 7) is 3.17. The van der Waals surface area contributed by atoms with E-state index in [0.29, 0.717) is 50.9 Å². The number of halogens is 3. The number of pyridine rings is 1. The molecule has 1 fully saturated rings. The molecule has 212 valence electrons. The maximum Gasteiger partial charge on any atom is 0.408 e. The molecule has 16 heteroatoms. The van der Waals surface area contributed by atoms with E-state index < -0.39 is 39.6 Å². The van der Waals surface area contributed by atoms with Crippen molar-refractivity contribution in [2.45, 2.75) is 37.5 Å². The molecular weight excluding hydrogens is 571 g/mol. The number of rotatable bonds is 7. The van der Waals surface area contributed by atoms with Crippen molar-refractivity contribution < 1.29 is 31.2 Å². The lowest BCUT2D eigenvalue weighted by molar-refractivity contribution is -0.172. The zero-order chi connectivity index (χ0) is 29.0. The first-order valence-electron chi connectivity index (χ1n) is 12.1. The summed E-state index contributed by atoms with van der Waals surface area (Å²) in [5.41, 5.74) is 0.815. The molecule has 0 bridgehead atoms. The highest BCUT2D eigenvalue weighted by molar-refractivity contribution is 7.89. The molecule has 2 aliphatic heterocycles. The molecule has 40 heavy (non-hydrogen) atoms. The summed E-state index contributed by atoms with van der Waals surface area (Å²) in [5.74, 6) is -0.121. The van der Waals surface area contributed by atoms with Gasteiger partial charge in [-0.2, -0.15) is 13.2 Å². The average Bonchev–Trinajstić information content (AvgIpc) is 3.59. The van der Waals surface area contributed by atoms with E-state index in [1.165, 1.54) is 28.4 Å². The predicted octanol–water partition coefficient (Wildman–Crippen LogP) is 3.60. The lowest BCUT2D eigenvalue weighted by Crippen LogP contribution is -2.43. The van der Waals surface area contributed by atoms with Crippen molar-refractivity contribution in [1.82, 2.24) is 24.9 Å². The van der Waals surface area contributed by atoms with Gasteiger partial charge in [0.1, 0.15) is 17.7 Å². The topological polar surface area (TPSA) is 137 Å². The zero-order valence-electron chi connectivity index (χ0n) is 21.5. The summed E-state index contributed by atoms with van der Waals surface area (Å²) < 4.78 is 68.3. The number of hydrogen-bond acceptors (Lipinski definition) is 8. The van der Waals surface area contributed by atoms with Gasteiger partial charge in [0.05, 0.1) is 21.0 Å². The van der Waals surface area contributed by atoms with Crippen molar-refractivity contribution in [3.63, 3.8) is 0 Å². The second kappa shape index (κ2) is 10.0. The molecule has 5 rings (SSSR count). The van der Waals surface area contributed by atoms with E-state index in [9.17, 15) is 31.2 Å². The Hall–Kier alpha value is -3.76. The fourth-order valence-electron chi connectivity index (χ4n) is 4.54. The number of nitrogens with one attached hydrogen (secondary N) is 3. The molecule has 1 atom stereocenters. The molecule has 1 saturated heterocycles. The maximum atomic E-state index is 13.4. The van der Waals surface area contributed by atoms with Crippen LogP contribution in [0.2, 0.25) is 0 Å². The molecule has 2 aliphatic rings. The minimum atomic E-state index is -4.68. The van der Waals surface area contributed by atoms with Crippen LogP contribution < -0.4 is 20.3 Å². The van der Waals surface area contributed by atoms with E-state index in [2.05, 4.69) is 25.3 Å². The highest BCUT2D eigenvalue weighted by atomic mass is 32.2. The number of alkyl halides is 3. The van der Waals surface area contributed by atoms with Gasteiger partial charge in [-0.3, -0.25) is 9.69 Å². The Kier molecular flexibility index (Phi) is 6.96. The summed E-state index contributed by atoms with van der Waals surface area (Å²) in [6, 6.07) is 5.59. The van der Waals surface area contributed by atoms with Gasteiger partial charge in [-0.15, -0.1) is 0 Å². The van der Waals surface area contributed by atoms with Crippen molar-refractivity contribution in [2.75, 3.05) is 30.4 Å². The van der Waals surface area contributed by atoms with Crippen molar-refractivity contribution in [1.29, 1.82) is 0 Å². The normalized spacial score (nSPS) is 16.4. The number of nitrogens with zero attached hydrogens (tertiary/aromatic N) is 4. The van der Waals surface area contributed by atoms with Crippen LogP contribution in [0.4, 0.5) is 34.7 Å². The van der Waals surface area contributed by atoms with Crippen LogP contribution in [0.5, 0.6) is 0 Å². The monoisotopic (exact) mass is 595 g/mol. The Morgan fingerprint density at radius 1 is 1.18 bits per heavy atom. The van der Waals surface area contributed by atoms with Crippen LogP contribution in [0.1, 0.15) is 28.5 Å². The van der Waals surface area contributed by atoms with Crippen LogP contribution in [-0.4, -0.2) is 67.6 Å². The Morgan fingerprint density at radius 2 is 1.93 bits per heavy atom. The molecule has 1 aromatic carbocycles. The number of urea groups is 1. The first-order valence-corrected chi connectivity index (χ1v) is 14.4. The Balaban J connectivity index is 1.51. The summed E-state index contributed by atoms with van der Waals surface area (Å²) >= 11 is 1.18. The van der Waals surface area contributed by atoms with Gasteiger partial charge in [-0.1, -0.05) is 17.4 Å². The number of benzene rings is 1. The highest BCUT2D eigenvalue weighted by Crippen LogP contribution is 2.40. The molecular formula is C24H24F3N7O4S2. The number of thiazole rings is 1. The van der Waals surface area contributed by atoms with Crippen LogP contribution >= 0.6 is 11.3 Å². The van der Waals surface area contributed by atoms with E-state index in [4.69, 9.17) is 0 Å². The smallest absolute Gasteiger partial charge is 0.336 e. The van der Waals surface area contributed by atoms with Crippen molar-refractivity contribution in [3.05, 3.63) is 47.2 Å². The van der Waals surface area contributed by atoms with Gasteiger partial charge in [0.15, 0.2) is 5.13 Å². The molecule has 3 amide bonds. The number of hydrogen-bond donors (Lipinski definition) is 3. The van der Waals surface area contributed by atoms with E-state index in [1.807, 2.05) is 0 Å². The molecule has 4 heterocycles. The van der Waals surface area contributed by atoms with Crippen LogP contribution in [0.15, 0.2) is 35.2 Å². The van der Waals surface area contributed by atoms with Crippen LogP contribution in [0.3, 0.4) is 0 Å².